The van der Waals surface area contributed by atoms with Gasteiger partial charge in [0.25, 0.3) is 0 Å². The smallest absolute Gasteiger partial charge is 0.236 e. The van der Waals surface area contributed by atoms with E-state index >= 15 is 0 Å². The first-order valence-corrected chi connectivity index (χ1v) is 4.00. The third-order valence-corrected chi connectivity index (χ3v) is 1.78. The van der Waals surface area contributed by atoms with E-state index in [9.17, 15) is 4.79 Å². The summed E-state index contributed by atoms with van der Waals surface area (Å²) in [5, 5.41) is 3.01. The molecular weight excluding hydrogens is 140 g/mol. The third-order valence-electron chi connectivity index (χ3n) is 1.78. The second-order valence-corrected chi connectivity index (χ2v) is 2.80. The van der Waals surface area contributed by atoms with E-state index in [-0.39, 0.29) is 12.5 Å². The average molecular weight is 154 g/mol. The molecule has 0 spiro atoms. The van der Waals surface area contributed by atoms with Crippen molar-refractivity contribution in [2.75, 3.05) is 6.54 Å². The number of hydrogen-bond acceptors (Lipinski definition) is 2. The minimum atomic E-state index is -0.295. The quantitative estimate of drug-likeness (QED) is 0.622. The fourth-order valence-corrected chi connectivity index (χ4v) is 1.20. The van der Waals surface area contributed by atoms with Gasteiger partial charge in [-0.1, -0.05) is 6.08 Å². The molecule has 0 aromatic rings. The molecule has 0 radical (unpaired) electrons. The molecule has 0 aromatic carbocycles. The lowest BCUT2D eigenvalue weighted by molar-refractivity contribution is -0.117. The van der Waals surface area contributed by atoms with E-state index in [1.807, 2.05) is 0 Å². The van der Waals surface area contributed by atoms with Crippen LogP contribution in [0.1, 0.15) is 25.7 Å². The Kier molecular flexibility index (Phi) is 2.95. The molecular formula is C8H14N2O. The Morgan fingerprint density at radius 2 is 2.45 bits per heavy atom. The van der Waals surface area contributed by atoms with Gasteiger partial charge < -0.3 is 11.1 Å². The largest absolute Gasteiger partial charge is 0.380 e. The van der Waals surface area contributed by atoms with E-state index in [1.165, 1.54) is 18.5 Å². The minimum Gasteiger partial charge on any atom is -0.380 e. The van der Waals surface area contributed by atoms with Crippen LogP contribution in [-0.4, -0.2) is 12.5 Å². The van der Waals surface area contributed by atoms with Crippen molar-refractivity contribution in [1.29, 1.82) is 0 Å². The summed E-state index contributed by atoms with van der Waals surface area (Å²) in [5.74, 6) is -0.295. The summed E-state index contributed by atoms with van der Waals surface area (Å²) in [4.78, 5) is 10.4. The van der Waals surface area contributed by atoms with Crippen LogP contribution in [0.5, 0.6) is 0 Å². The minimum absolute atomic E-state index is 0.270. The Morgan fingerprint density at radius 3 is 3.00 bits per heavy atom. The molecule has 62 valence electrons. The van der Waals surface area contributed by atoms with Crippen molar-refractivity contribution >= 4 is 5.91 Å². The number of nitrogens with one attached hydrogen (secondary N) is 1. The topological polar surface area (TPSA) is 55.1 Å². The van der Waals surface area contributed by atoms with Gasteiger partial charge in [-0.25, -0.2) is 0 Å². The molecule has 1 aliphatic rings. The van der Waals surface area contributed by atoms with Crippen LogP contribution in [0.25, 0.3) is 0 Å². The first-order chi connectivity index (χ1) is 5.29. The molecule has 0 unspecified atom stereocenters. The second-order valence-electron chi connectivity index (χ2n) is 2.80. The van der Waals surface area contributed by atoms with Crippen molar-refractivity contribution in [2.24, 2.45) is 5.73 Å². The molecule has 3 heteroatoms. The SMILES string of the molecule is NC(=O)CNC1=CCCCC1. The normalized spacial score (nSPS) is 17.3. The number of carbonyl (C=O) groups excluding carboxylic acids is 1. The molecule has 0 bridgehead atoms. The zero-order valence-corrected chi connectivity index (χ0v) is 6.60. The number of nitrogens with two attached hydrogens (primary N) is 1. The third kappa shape index (κ3) is 3.07. The van der Waals surface area contributed by atoms with Crippen LogP contribution in [0.3, 0.4) is 0 Å². The summed E-state index contributed by atoms with van der Waals surface area (Å²) in [5.41, 5.74) is 6.16. The van der Waals surface area contributed by atoms with Crippen molar-refractivity contribution in [2.45, 2.75) is 25.7 Å². The van der Waals surface area contributed by atoms with Crippen LogP contribution < -0.4 is 11.1 Å². The summed E-state index contributed by atoms with van der Waals surface area (Å²) >= 11 is 0. The van der Waals surface area contributed by atoms with Gasteiger partial charge in [-0.05, 0) is 25.7 Å². The molecule has 1 amide bonds. The van der Waals surface area contributed by atoms with Crippen LogP contribution in [0.2, 0.25) is 0 Å². The van der Waals surface area contributed by atoms with Crippen molar-refractivity contribution in [1.82, 2.24) is 5.32 Å². The standard InChI is InChI=1S/C8H14N2O/c9-8(11)6-10-7-4-2-1-3-5-7/h4,10H,1-3,5-6H2,(H2,9,11). The number of carbonyl (C=O) groups is 1. The predicted molar refractivity (Wildman–Crippen MR) is 43.7 cm³/mol. The van der Waals surface area contributed by atoms with E-state index in [1.54, 1.807) is 0 Å². The Labute approximate surface area is 66.6 Å². The van der Waals surface area contributed by atoms with Gasteiger partial charge in [-0.15, -0.1) is 0 Å². The Bertz CT molecular complexity index is 175. The van der Waals surface area contributed by atoms with Gasteiger partial charge in [-0.2, -0.15) is 0 Å². The Morgan fingerprint density at radius 1 is 1.64 bits per heavy atom. The predicted octanol–water partition coefficient (Wildman–Crippen LogP) is 0.519. The van der Waals surface area contributed by atoms with E-state index in [4.69, 9.17) is 5.73 Å². The van der Waals surface area contributed by atoms with Crippen LogP contribution in [0.15, 0.2) is 11.8 Å². The number of amides is 1. The van der Waals surface area contributed by atoms with Gasteiger partial charge in [0.05, 0.1) is 6.54 Å². The van der Waals surface area contributed by atoms with Gasteiger partial charge >= 0.3 is 0 Å². The number of hydrogen-bond donors (Lipinski definition) is 2. The van der Waals surface area contributed by atoms with Gasteiger partial charge in [0.15, 0.2) is 0 Å². The summed E-state index contributed by atoms with van der Waals surface area (Å²) in [6.45, 7) is 0.270. The maximum absolute atomic E-state index is 10.4. The summed E-state index contributed by atoms with van der Waals surface area (Å²) in [6, 6.07) is 0. The zero-order valence-electron chi connectivity index (χ0n) is 6.60. The van der Waals surface area contributed by atoms with Gasteiger partial charge in [-0.3, -0.25) is 4.79 Å². The number of primary amides is 1. The highest BCUT2D eigenvalue weighted by Gasteiger charge is 2.02. The van der Waals surface area contributed by atoms with Crippen molar-refractivity contribution < 1.29 is 4.79 Å². The van der Waals surface area contributed by atoms with E-state index < -0.39 is 0 Å². The Balaban J connectivity index is 2.24. The summed E-state index contributed by atoms with van der Waals surface area (Å²) in [7, 11) is 0. The molecule has 0 atom stereocenters. The van der Waals surface area contributed by atoms with Crippen LogP contribution >= 0.6 is 0 Å². The van der Waals surface area contributed by atoms with E-state index in [0.29, 0.717) is 0 Å². The van der Waals surface area contributed by atoms with E-state index in [2.05, 4.69) is 11.4 Å². The molecule has 3 nitrogen and oxygen atoms in total. The number of allylic oxidation sites excluding steroid dienone is 2. The van der Waals surface area contributed by atoms with Gasteiger partial charge in [0.2, 0.25) is 5.91 Å². The van der Waals surface area contributed by atoms with E-state index in [0.717, 1.165) is 12.8 Å². The lowest BCUT2D eigenvalue weighted by Crippen LogP contribution is -2.28. The van der Waals surface area contributed by atoms with Gasteiger partial charge in [0.1, 0.15) is 0 Å². The number of rotatable bonds is 3. The van der Waals surface area contributed by atoms with Crippen molar-refractivity contribution in [3.05, 3.63) is 11.8 Å². The fourth-order valence-electron chi connectivity index (χ4n) is 1.20. The lowest BCUT2D eigenvalue weighted by Gasteiger charge is -2.13. The van der Waals surface area contributed by atoms with Crippen molar-refractivity contribution in [3.8, 4) is 0 Å². The first kappa shape index (κ1) is 8.11. The lowest BCUT2D eigenvalue weighted by atomic mass is 10.1. The maximum atomic E-state index is 10.4. The van der Waals surface area contributed by atoms with Gasteiger partial charge in [0, 0.05) is 5.70 Å². The highest BCUT2D eigenvalue weighted by atomic mass is 16.1. The van der Waals surface area contributed by atoms with Crippen LogP contribution in [0, 0.1) is 0 Å². The molecule has 0 aromatic heterocycles. The molecule has 11 heavy (non-hydrogen) atoms. The highest BCUT2D eigenvalue weighted by molar-refractivity contribution is 5.76. The molecule has 1 rings (SSSR count). The molecule has 0 saturated heterocycles. The molecule has 0 aliphatic heterocycles. The maximum Gasteiger partial charge on any atom is 0.236 e. The molecule has 0 heterocycles. The Hall–Kier alpha value is -0.990. The van der Waals surface area contributed by atoms with Crippen LogP contribution in [0.4, 0.5) is 0 Å². The van der Waals surface area contributed by atoms with Crippen molar-refractivity contribution in [3.63, 3.8) is 0 Å². The molecule has 1 aliphatic carbocycles. The van der Waals surface area contributed by atoms with Crippen LogP contribution in [-0.2, 0) is 4.79 Å². The summed E-state index contributed by atoms with van der Waals surface area (Å²) < 4.78 is 0. The fraction of sp³-hybridized carbons (Fsp3) is 0.625. The average Bonchev–Trinajstić information content (AvgIpc) is 2.03. The highest BCUT2D eigenvalue weighted by Crippen LogP contribution is 2.14. The second kappa shape index (κ2) is 4.01. The monoisotopic (exact) mass is 154 g/mol. The molecule has 0 fully saturated rings. The summed E-state index contributed by atoms with van der Waals surface area (Å²) in [6.07, 6.45) is 6.82. The molecule has 3 N–H and O–H groups in total. The zero-order chi connectivity index (χ0) is 8.10. The first-order valence-electron chi connectivity index (χ1n) is 4.00. The molecule has 0 saturated carbocycles.